The summed E-state index contributed by atoms with van der Waals surface area (Å²) in [6.45, 7) is -0.121. The third-order valence-corrected chi connectivity index (χ3v) is 2.39. The number of carboxylic acid groups (broad SMARTS) is 1. The summed E-state index contributed by atoms with van der Waals surface area (Å²) in [5.74, 6) is -2.68. The van der Waals surface area contributed by atoms with Gasteiger partial charge in [0.05, 0.1) is 20.1 Å². The molecule has 1 rings (SSSR count). The van der Waals surface area contributed by atoms with Crippen LogP contribution in [0.25, 0.3) is 0 Å². The number of carboxylic acids is 1. The van der Waals surface area contributed by atoms with Crippen LogP contribution in [0.3, 0.4) is 0 Å². The first-order valence-corrected chi connectivity index (χ1v) is 4.89. The van der Waals surface area contributed by atoms with Crippen LogP contribution in [-0.4, -0.2) is 31.8 Å². The maximum Gasteiger partial charge on any atom is 0.312 e. The SMILES string of the molecule is COc1cc(C(CN)C(=O)O)cc(F)c1OC. The average Bonchev–Trinajstić information content (AvgIpc) is 2.28. The molecular weight excluding hydrogens is 229 g/mol. The van der Waals surface area contributed by atoms with Gasteiger partial charge in [0.25, 0.3) is 0 Å². The van der Waals surface area contributed by atoms with E-state index >= 15 is 0 Å². The molecule has 6 heteroatoms. The summed E-state index contributed by atoms with van der Waals surface area (Å²) in [5.41, 5.74) is 5.59. The van der Waals surface area contributed by atoms with E-state index in [0.717, 1.165) is 6.07 Å². The molecule has 3 N–H and O–H groups in total. The molecule has 0 saturated heterocycles. The molecule has 0 aliphatic carbocycles. The van der Waals surface area contributed by atoms with Gasteiger partial charge in [-0.15, -0.1) is 0 Å². The molecule has 0 spiro atoms. The first kappa shape index (κ1) is 13.2. The topological polar surface area (TPSA) is 81.8 Å². The number of benzene rings is 1. The van der Waals surface area contributed by atoms with Crippen LogP contribution in [0.5, 0.6) is 11.5 Å². The highest BCUT2D eigenvalue weighted by atomic mass is 19.1. The molecule has 17 heavy (non-hydrogen) atoms. The van der Waals surface area contributed by atoms with Crippen molar-refractivity contribution in [1.82, 2.24) is 0 Å². The number of hydrogen-bond acceptors (Lipinski definition) is 4. The largest absolute Gasteiger partial charge is 0.493 e. The smallest absolute Gasteiger partial charge is 0.312 e. The van der Waals surface area contributed by atoms with Crippen LogP contribution >= 0.6 is 0 Å². The second-order valence-corrected chi connectivity index (χ2v) is 3.36. The fraction of sp³-hybridized carbons (Fsp3) is 0.364. The summed E-state index contributed by atoms with van der Waals surface area (Å²) in [6, 6.07) is 2.50. The Morgan fingerprint density at radius 3 is 2.53 bits per heavy atom. The number of ether oxygens (including phenoxy) is 2. The first-order valence-electron chi connectivity index (χ1n) is 4.89. The molecule has 5 nitrogen and oxygen atoms in total. The molecule has 0 amide bonds. The Balaban J connectivity index is 3.27. The Labute approximate surface area is 97.9 Å². The lowest BCUT2D eigenvalue weighted by Crippen LogP contribution is -2.21. The molecule has 1 atom stereocenters. The van der Waals surface area contributed by atoms with Crippen molar-refractivity contribution in [3.63, 3.8) is 0 Å². The summed E-state index contributed by atoms with van der Waals surface area (Å²) in [6.07, 6.45) is 0. The Morgan fingerprint density at radius 2 is 2.12 bits per heavy atom. The van der Waals surface area contributed by atoms with Crippen LogP contribution in [0, 0.1) is 5.82 Å². The van der Waals surface area contributed by atoms with Gasteiger partial charge in [0, 0.05) is 6.54 Å². The van der Waals surface area contributed by atoms with E-state index in [4.69, 9.17) is 20.3 Å². The van der Waals surface area contributed by atoms with Crippen molar-refractivity contribution in [2.24, 2.45) is 5.73 Å². The molecule has 0 fully saturated rings. The van der Waals surface area contributed by atoms with Crippen LogP contribution in [0.4, 0.5) is 4.39 Å². The molecule has 0 radical (unpaired) electrons. The molecule has 0 bridgehead atoms. The molecule has 94 valence electrons. The minimum atomic E-state index is -1.11. The van der Waals surface area contributed by atoms with Crippen LogP contribution in [-0.2, 0) is 4.79 Å². The molecular formula is C11H14FNO4. The Morgan fingerprint density at radius 1 is 1.47 bits per heavy atom. The summed E-state index contributed by atoms with van der Waals surface area (Å²) in [4.78, 5) is 10.9. The predicted octanol–water partition coefficient (Wildman–Crippen LogP) is 0.970. The second kappa shape index (κ2) is 5.49. The molecule has 0 saturated carbocycles. The number of carbonyl (C=O) groups is 1. The van der Waals surface area contributed by atoms with E-state index in [1.54, 1.807) is 0 Å². The first-order chi connectivity index (χ1) is 8.04. The average molecular weight is 243 g/mol. The van der Waals surface area contributed by atoms with Crippen LogP contribution in [0.2, 0.25) is 0 Å². The van der Waals surface area contributed by atoms with Crippen molar-refractivity contribution in [2.45, 2.75) is 5.92 Å². The summed E-state index contributed by atoms with van der Waals surface area (Å²) < 4.78 is 23.4. The normalized spacial score (nSPS) is 12.0. The summed E-state index contributed by atoms with van der Waals surface area (Å²) >= 11 is 0. The van der Waals surface area contributed by atoms with E-state index in [9.17, 15) is 9.18 Å². The van der Waals surface area contributed by atoms with E-state index in [1.807, 2.05) is 0 Å². The number of halogens is 1. The number of methoxy groups -OCH3 is 2. The standard InChI is InChI=1S/C11H14FNO4/c1-16-9-4-6(7(5-13)11(14)15)3-8(12)10(9)17-2/h3-4,7H,5,13H2,1-2H3,(H,14,15). The van der Waals surface area contributed by atoms with E-state index in [0.29, 0.717) is 0 Å². The lowest BCUT2D eigenvalue weighted by molar-refractivity contribution is -0.138. The molecule has 1 unspecified atom stereocenters. The molecule has 0 heterocycles. The highest BCUT2D eigenvalue weighted by Gasteiger charge is 2.22. The molecule has 0 aromatic heterocycles. The highest BCUT2D eigenvalue weighted by Crippen LogP contribution is 2.33. The molecule has 0 aliphatic heterocycles. The van der Waals surface area contributed by atoms with Gasteiger partial charge < -0.3 is 20.3 Å². The second-order valence-electron chi connectivity index (χ2n) is 3.36. The maximum atomic E-state index is 13.6. The van der Waals surface area contributed by atoms with Gasteiger partial charge in [-0.3, -0.25) is 4.79 Å². The van der Waals surface area contributed by atoms with Crippen molar-refractivity contribution in [1.29, 1.82) is 0 Å². The lowest BCUT2D eigenvalue weighted by Gasteiger charge is -2.14. The van der Waals surface area contributed by atoms with E-state index < -0.39 is 17.7 Å². The van der Waals surface area contributed by atoms with Crippen LogP contribution < -0.4 is 15.2 Å². The lowest BCUT2D eigenvalue weighted by atomic mass is 9.99. The summed E-state index contributed by atoms with van der Waals surface area (Å²) in [5, 5.41) is 8.93. The Bertz CT molecular complexity index is 422. The van der Waals surface area contributed by atoms with Crippen molar-refractivity contribution in [3.8, 4) is 11.5 Å². The van der Waals surface area contributed by atoms with Gasteiger partial charge in [-0.2, -0.15) is 0 Å². The maximum absolute atomic E-state index is 13.6. The summed E-state index contributed by atoms with van der Waals surface area (Å²) in [7, 11) is 2.65. The third-order valence-electron chi connectivity index (χ3n) is 2.39. The van der Waals surface area contributed by atoms with Crippen molar-refractivity contribution >= 4 is 5.97 Å². The third kappa shape index (κ3) is 2.65. The van der Waals surface area contributed by atoms with Gasteiger partial charge in [0.2, 0.25) is 0 Å². The van der Waals surface area contributed by atoms with Crippen molar-refractivity contribution in [2.75, 3.05) is 20.8 Å². The van der Waals surface area contributed by atoms with Crippen LogP contribution in [0.15, 0.2) is 12.1 Å². The van der Waals surface area contributed by atoms with Gasteiger partial charge in [0.1, 0.15) is 0 Å². The number of rotatable bonds is 5. The van der Waals surface area contributed by atoms with E-state index in [2.05, 4.69) is 0 Å². The minimum Gasteiger partial charge on any atom is -0.493 e. The van der Waals surface area contributed by atoms with Crippen molar-refractivity contribution in [3.05, 3.63) is 23.5 Å². The number of aliphatic carboxylic acids is 1. The Hall–Kier alpha value is -1.82. The molecule has 1 aromatic rings. The Kier molecular flexibility index (Phi) is 4.28. The zero-order valence-corrected chi connectivity index (χ0v) is 9.57. The predicted molar refractivity (Wildman–Crippen MR) is 58.9 cm³/mol. The van der Waals surface area contributed by atoms with E-state index in [1.165, 1.54) is 20.3 Å². The van der Waals surface area contributed by atoms with Gasteiger partial charge >= 0.3 is 5.97 Å². The van der Waals surface area contributed by atoms with Gasteiger partial charge in [-0.25, -0.2) is 4.39 Å². The van der Waals surface area contributed by atoms with Gasteiger partial charge in [-0.1, -0.05) is 0 Å². The molecule has 0 aliphatic rings. The number of nitrogens with two attached hydrogens (primary N) is 1. The highest BCUT2D eigenvalue weighted by molar-refractivity contribution is 5.76. The number of hydrogen-bond donors (Lipinski definition) is 2. The van der Waals surface area contributed by atoms with Crippen LogP contribution in [0.1, 0.15) is 11.5 Å². The monoisotopic (exact) mass is 243 g/mol. The van der Waals surface area contributed by atoms with Gasteiger partial charge in [-0.05, 0) is 17.7 Å². The van der Waals surface area contributed by atoms with Crippen molar-refractivity contribution < 1.29 is 23.8 Å². The minimum absolute atomic E-state index is 0.0580. The zero-order valence-electron chi connectivity index (χ0n) is 9.57. The zero-order chi connectivity index (χ0) is 13.0. The fourth-order valence-corrected chi connectivity index (χ4v) is 1.52. The quantitative estimate of drug-likeness (QED) is 0.805. The fourth-order valence-electron chi connectivity index (χ4n) is 1.52. The van der Waals surface area contributed by atoms with Gasteiger partial charge in [0.15, 0.2) is 17.3 Å². The van der Waals surface area contributed by atoms with E-state index in [-0.39, 0.29) is 23.6 Å². The molecule has 1 aromatic carbocycles.